The van der Waals surface area contributed by atoms with Gasteiger partial charge in [0, 0.05) is 25.4 Å². The number of carboxylic acids is 1. The average Bonchev–Trinajstić information content (AvgIpc) is 3.41. The van der Waals surface area contributed by atoms with Crippen molar-refractivity contribution in [2.45, 2.75) is 13.0 Å². The summed E-state index contributed by atoms with van der Waals surface area (Å²) in [7, 11) is -2.89. The Hall–Kier alpha value is -3.57. The number of amides is 3. The van der Waals surface area contributed by atoms with Crippen LogP contribution < -0.4 is 16.4 Å². The predicted molar refractivity (Wildman–Crippen MR) is 118 cm³/mol. The molecule has 0 radical (unpaired) electrons. The molecule has 2 aliphatic heterocycles. The van der Waals surface area contributed by atoms with E-state index in [4.69, 9.17) is 5.73 Å². The second kappa shape index (κ2) is 9.74. The van der Waals surface area contributed by atoms with Crippen LogP contribution in [0.4, 0.5) is 5.13 Å². The molecule has 3 amide bonds. The minimum atomic E-state index is -4.10. The lowest BCUT2D eigenvalue weighted by molar-refractivity contribution is -0.143. The normalized spacial score (nSPS) is 18.8. The number of rotatable bonds is 9. The number of oxime groups is 1. The summed E-state index contributed by atoms with van der Waals surface area (Å²) in [6.45, 7) is 0.421. The Labute approximate surface area is 197 Å². The Morgan fingerprint density at radius 3 is 2.68 bits per heavy atom. The van der Waals surface area contributed by atoms with E-state index < -0.39 is 55.9 Å². The van der Waals surface area contributed by atoms with Crippen molar-refractivity contribution in [3.63, 3.8) is 0 Å². The van der Waals surface area contributed by atoms with Crippen molar-refractivity contribution >= 4 is 55.7 Å². The molecule has 5 N–H and O–H groups in total. The van der Waals surface area contributed by atoms with E-state index in [1.165, 1.54) is 24.4 Å². The quantitative estimate of drug-likeness (QED) is 0.199. The topological polar surface area (TPSA) is 214 Å². The first kappa shape index (κ1) is 25.1. The summed E-state index contributed by atoms with van der Waals surface area (Å²) in [4.78, 5) is 56.7. The third-order valence-electron chi connectivity index (χ3n) is 4.78. The van der Waals surface area contributed by atoms with Crippen molar-refractivity contribution in [3.8, 4) is 0 Å². The molecule has 1 saturated heterocycles. The number of anilines is 1. The number of nitrogens with zero attached hydrogens (tertiary/aromatic N) is 4. The van der Waals surface area contributed by atoms with Crippen LogP contribution in [0.1, 0.15) is 12.6 Å². The fourth-order valence-electron chi connectivity index (χ4n) is 3.37. The number of carbonyl (C=O) groups excluding carboxylic acids is 3. The van der Waals surface area contributed by atoms with Gasteiger partial charge in [-0.05, 0) is 0 Å². The van der Waals surface area contributed by atoms with Crippen molar-refractivity contribution in [1.29, 1.82) is 0 Å². The SMILES string of the molecule is CO/N=C(/C(=O)N[C@H]1CN2CC(S(=O)(=O)CCNC(C)=O)=C(C(=O)O)N2C1=O)c1csc(N)n1. The van der Waals surface area contributed by atoms with Crippen LogP contribution in [0.5, 0.6) is 0 Å². The van der Waals surface area contributed by atoms with Crippen LogP contribution >= 0.6 is 11.3 Å². The van der Waals surface area contributed by atoms with Gasteiger partial charge in [-0.1, -0.05) is 5.16 Å². The molecular formula is C17H21N7O8S2. The van der Waals surface area contributed by atoms with Gasteiger partial charge in [-0.15, -0.1) is 11.3 Å². The number of nitrogens with one attached hydrogen (secondary N) is 2. The van der Waals surface area contributed by atoms with E-state index in [1.807, 2.05) is 0 Å². The fourth-order valence-corrected chi connectivity index (χ4v) is 5.35. The Bertz CT molecular complexity index is 1210. The van der Waals surface area contributed by atoms with Gasteiger partial charge in [0.15, 0.2) is 26.4 Å². The fraction of sp³-hybridized carbons (Fsp3) is 0.412. The van der Waals surface area contributed by atoms with Crippen molar-refractivity contribution < 1.29 is 37.5 Å². The highest BCUT2D eigenvalue weighted by Crippen LogP contribution is 2.32. The van der Waals surface area contributed by atoms with Crippen LogP contribution in [0, 0.1) is 0 Å². The zero-order valence-corrected chi connectivity index (χ0v) is 19.6. The minimum Gasteiger partial charge on any atom is -0.476 e. The Morgan fingerprint density at radius 2 is 2.12 bits per heavy atom. The standard InChI is InChI=1S/C17H21N7O8S2/c1-8(25)19-3-4-34(30,31)11-6-23-5-9(15(27)24(23)13(11)16(28)29)20-14(26)12(22-32-2)10-7-33-17(18)21-10/h7,9H,3-6H2,1-2H3,(H2,18,21)(H,19,25)(H,20,26)(H,28,29)/b22-12+/t9-/m0/s1. The molecule has 1 atom stereocenters. The van der Waals surface area contributed by atoms with Crippen molar-refractivity contribution in [2.24, 2.45) is 5.16 Å². The summed E-state index contributed by atoms with van der Waals surface area (Å²) >= 11 is 1.06. The molecule has 184 valence electrons. The second-order valence-electron chi connectivity index (χ2n) is 7.10. The summed E-state index contributed by atoms with van der Waals surface area (Å²) in [6.07, 6.45) is 0. The van der Waals surface area contributed by atoms with Crippen molar-refractivity contribution in [3.05, 3.63) is 21.7 Å². The predicted octanol–water partition coefficient (Wildman–Crippen LogP) is -2.52. The lowest BCUT2D eigenvalue weighted by Crippen LogP contribution is -2.46. The van der Waals surface area contributed by atoms with Crippen LogP contribution in [-0.4, -0.2) is 96.5 Å². The highest BCUT2D eigenvalue weighted by molar-refractivity contribution is 7.95. The third-order valence-corrected chi connectivity index (χ3v) is 7.26. The molecule has 0 bridgehead atoms. The van der Waals surface area contributed by atoms with Crippen LogP contribution in [0.2, 0.25) is 0 Å². The van der Waals surface area contributed by atoms with E-state index in [0.29, 0.717) is 0 Å². The molecule has 15 nitrogen and oxygen atoms in total. The molecule has 1 fully saturated rings. The molecular weight excluding hydrogens is 494 g/mol. The molecule has 0 aromatic carbocycles. The summed E-state index contributed by atoms with van der Waals surface area (Å²) in [5.74, 6) is -4.27. The first-order chi connectivity index (χ1) is 16.0. The summed E-state index contributed by atoms with van der Waals surface area (Å²) in [6, 6.07) is -1.19. The first-order valence-corrected chi connectivity index (χ1v) is 12.1. The van der Waals surface area contributed by atoms with Crippen LogP contribution in [0.3, 0.4) is 0 Å². The maximum atomic E-state index is 12.9. The van der Waals surface area contributed by atoms with Gasteiger partial charge >= 0.3 is 5.97 Å². The summed E-state index contributed by atoms with van der Waals surface area (Å²) < 4.78 is 25.4. The summed E-state index contributed by atoms with van der Waals surface area (Å²) in [5.41, 5.74) is 4.73. The van der Waals surface area contributed by atoms with Crippen LogP contribution in [-0.2, 0) is 33.9 Å². The number of carbonyl (C=O) groups is 4. The smallest absolute Gasteiger partial charge is 0.355 e. The number of aromatic nitrogens is 1. The Balaban J connectivity index is 1.81. The number of nitrogen functional groups attached to an aromatic ring is 1. The largest absolute Gasteiger partial charge is 0.476 e. The average molecular weight is 516 g/mol. The number of carboxylic acid groups (broad SMARTS) is 1. The Kier molecular flexibility index (Phi) is 7.18. The van der Waals surface area contributed by atoms with Crippen LogP contribution in [0.25, 0.3) is 0 Å². The number of hydrogen-bond donors (Lipinski definition) is 4. The van der Waals surface area contributed by atoms with Crippen LogP contribution in [0.15, 0.2) is 21.1 Å². The van der Waals surface area contributed by atoms with E-state index in [9.17, 15) is 32.7 Å². The molecule has 0 unspecified atom stereocenters. The van der Waals surface area contributed by atoms with Gasteiger partial charge in [0.2, 0.25) is 5.91 Å². The molecule has 0 spiro atoms. The summed E-state index contributed by atoms with van der Waals surface area (Å²) in [5, 5.41) is 21.6. The van der Waals surface area contributed by atoms with Gasteiger partial charge in [-0.3, -0.25) is 14.4 Å². The first-order valence-electron chi connectivity index (χ1n) is 9.62. The van der Waals surface area contributed by atoms with Gasteiger partial charge in [-0.25, -0.2) is 28.2 Å². The molecule has 17 heteroatoms. The monoisotopic (exact) mass is 515 g/mol. The maximum Gasteiger partial charge on any atom is 0.355 e. The van der Waals surface area contributed by atoms with Crippen molar-refractivity contribution in [1.82, 2.24) is 25.6 Å². The molecule has 0 saturated carbocycles. The van der Waals surface area contributed by atoms with E-state index in [1.54, 1.807) is 0 Å². The molecule has 1 aromatic heterocycles. The maximum absolute atomic E-state index is 12.9. The number of nitrogens with two attached hydrogens (primary N) is 1. The molecule has 1 aromatic rings. The number of aliphatic carboxylic acids is 1. The number of thiazole rings is 1. The third kappa shape index (κ3) is 5.00. The van der Waals surface area contributed by atoms with Gasteiger partial charge in [-0.2, -0.15) is 0 Å². The van der Waals surface area contributed by atoms with E-state index >= 15 is 0 Å². The lowest BCUT2D eigenvalue weighted by Gasteiger charge is -2.18. The highest BCUT2D eigenvalue weighted by Gasteiger charge is 2.50. The van der Waals surface area contributed by atoms with E-state index in [-0.39, 0.29) is 36.2 Å². The molecule has 3 heterocycles. The zero-order valence-electron chi connectivity index (χ0n) is 18.0. The van der Waals surface area contributed by atoms with E-state index in [0.717, 1.165) is 16.3 Å². The number of hydrazine groups is 1. The van der Waals surface area contributed by atoms with Crippen molar-refractivity contribution in [2.75, 3.05) is 38.2 Å². The highest BCUT2D eigenvalue weighted by atomic mass is 32.2. The van der Waals surface area contributed by atoms with Gasteiger partial charge < -0.3 is 26.3 Å². The lowest BCUT2D eigenvalue weighted by atomic mass is 10.2. The van der Waals surface area contributed by atoms with Gasteiger partial charge in [0.1, 0.15) is 18.8 Å². The molecule has 34 heavy (non-hydrogen) atoms. The van der Waals surface area contributed by atoms with E-state index in [2.05, 4.69) is 25.6 Å². The number of hydrogen-bond acceptors (Lipinski definition) is 12. The van der Waals surface area contributed by atoms with Gasteiger partial charge in [0.05, 0.1) is 17.2 Å². The van der Waals surface area contributed by atoms with Gasteiger partial charge in [0.25, 0.3) is 11.8 Å². The molecule has 3 rings (SSSR count). The second-order valence-corrected chi connectivity index (χ2v) is 10.1. The minimum absolute atomic E-state index is 0.117. The molecule has 2 aliphatic rings. The Morgan fingerprint density at radius 1 is 1.41 bits per heavy atom. The number of sulfone groups is 1. The zero-order chi connectivity index (χ0) is 25.2. The number of fused-ring (bicyclic) bond motifs is 1. The molecule has 0 aliphatic carbocycles.